The molecule has 0 aliphatic heterocycles. The van der Waals surface area contributed by atoms with E-state index in [0.717, 1.165) is 22.6 Å². The van der Waals surface area contributed by atoms with Gasteiger partial charge in [-0.25, -0.2) is 4.98 Å². The third kappa shape index (κ3) is 3.31. The molecule has 0 fully saturated rings. The van der Waals surface area contributed by atoms with Crippen molar-refractivity contribution >= 4 is 54.4 Å². The fraction of sp³-hybridized carbons (Fsp3) is 0. The van der Waals surface area contributed by atoms with Crippen molar-refractivity contribution in [2.75, 3.05) is 0 Å². The summed E-state index contributed by atoms with van der Waals surface area (Å²) >= 11 is 0. The molecule has 0 aliphatic rings. The molecule has 42 heavy (non-hydrogen) atoms. The van der Waals surface area contributed by atoms with Crippen LogP contribution in [0.5, 0.6) is 0 Å². The molecule has 0 aliphatic carbocycles. The maximum absolute atomic E-state index is 5.21. The first kappa shape index (κ1) is 23.1. The van der Waals surface area contributed by atoms with Gasteiger partial charge >= 0.3 is 0 Å². The predicted octanol–water partition coefficient (Wildman–Crippen LogP) is 10.1. The van der Waals surface area contributed by atoms with E-state index >= 15 is 0 Å². The molecule has 3 heteroatoms. The van der Waals surface area contributed by atoms with E-state index in [1.54, 1.807) is 0 Å². The summed E-state index contributed by atoms with van der Waals surface area (Å²) < 4.78 is 4.73. The minimum Gasteiger partial charge on any atom is -0.309 e. The molecule has 3 aromatic heterocycles. The maximum atomic E-state index is 5.21. The molecule has 9 aromatic rings. The SMILES string of the molecule is c1ccc(-c2cccc(-n3c4ccccc4c4ccc5cc6c(cc5c43)c3ccccc3n6-c3ccccc3)n2)cc1. The summed E-state index contributed by atoms with van der Waals surface area (Å²) in [5.74, 6) is 0.918. The molecule has 0 amide bonds. The zero-order valence-corrected chi connectivity index (χ0v) is 22.8. The van der Waals surface area contributed by atoms with Crippen LogP contribution in [-0.2, 0) is 0 Å². The van der Waals surface area contributed by atoms with Crippen molar-refractivity contribution in [1.29, 1.82) is 0 Å². The van der Waals surface area contributed by atoms with Crippen molar-refractivity contribution in [3.8, 4) is 22.8 Å². The van der Waals surface area contributed by atoms with Crippen LogP contribution in [0.1, 0.15) is 0 Å². The van der Waals surface area contributed by atoms with Gasteiger partial charge in [0, 0.05) is 38.2 Å². The largest absolute Gasteiger partial charge is 0.309 e. The van der Waals surface area contributed by atoms with Gasteiger partial charge in [-0.05, 0) is 53.9 Å². The Bertz CT molecular complexity index is 2450. The van der Waals surface area contributed by atoms with Gasteiger partial charge in [0.25, 0.3) is 0 Å². The topological polar surface area (TPSA) is 22.8 Å². The highest BCUT2D eigenvalue weighted by Gasteiger charge is 2.19. The second-order valence-corrected chi connectivity index (χ2v) is 10.8. The van der Waals surface area contributed by atoms with Crippen LogP contribution >= 0.6 is 0 Å². The number of para-hydroxylation sites is 3. The van der Waals surface area contributed by atoms with Crippen LogP contribution in [0.3, 0.4) is 0 Å². The molecular weight excluding hydrogens is 510 g/mol. The van der Waals surface area contributed by atoms with Crippen LogP contribution in [0.4, 0.5) is 0 Å². The van der Waals surface area contributed by atoms with Crippen LogP contribution in [0.25, 0.3) is 77.1 Å². The number of nitrogens with zero attached hydrogens (tertiary/aromatic N) is 3. The highest BCUT2D eigenvalue weighted by atomic mass is 15.1. The van der Waals surface area contributed by atoms with Gasteiger partial charge in [-0.2, -0.15) is 0 Å². The number of rotatable bonds is 3. The number of hydrogen-bond acceptors (Lipinski definition) is 1. The highest BCUT2D eigenvalue weighted by molar-refractivity contribution is 6.22. The van der Waals surface area contributed by atoms with E-state index in [1.165, 1.54) is 54.6 Å². The van der Waals surface area contributed by atoms with Gasteiger partial charge in [0.15, 0.2) is 0 Å². The van der Waals surface area contributed by atoms with Crippen LogP contribution in [-0.4, -0.2) is 14.1 Å². The first-order chi connectivity index (χ1) is 20.8. The van der Waals surface area contributed by atoms with E-state index in [9.17, 15) is 0 Å². The van der Waals surface area contributed by atoms with Crippen molar-refractivity contribution in [3.63, 3.8) is 0 Å². The third-order valence-electron chi connectivity index (χ3n) is 8.49. The molecule has 0 N–H and O–H groups in total. The highest BCUT2D eigenvalue weighted by Crippen LogP contribution is 2.40. The standard InChI is InChI=1S/C39H25N3/c1-3-12-26(13-4-1)34-18-11-21-38(40-34)42-36-20-10-7-16-29(36)31-23-22-27-24-37-33(25-32(27)39(31)42)30-17-8-9-19-35(30)41(37)28-14-5-2-6-15-28/h1-25H. The molecule has 0 bridgehead atoms. The number of fused-ring (bicyclic) bond motifs is 8. The fourth-order valence-electron chi connectivity index (χ4n) is 6.66. The zero-order valence-electron chi connectivity index (χ0n) is 22.8. The van der Waals surface area contributed by atoms with E-state index in [2.05, 4.69) is 155 Å². The Morgan fingerprint density at radius 2 is 1.07 bits per heavy atom. The van der Waals surface area contributed by atoms with Crippen molar-refractivity contribution in [3.05, 3.63) is 152 Å². The lowest BCUT2D eigenvalue weighted by Gasteiger charge is -2.12. The molecule has 9 rings (SSSR count). The molecule has 3 nitrogen and oxygen atoms in total. The third-order valence-corrected chi connectivity index (χ3v) is 8.49. The quantitative estimate of drug-likeness (QED) is 0.221. The molecule has 3 heterocycles. The first-order valence-corrected chi connectivity index (χ1v) is 14.3. The van der Waals surface area contributed by atoms with Gasteiger partial charge < -0.3 is 4.57 Å². The summed E-state index contributed by atoms with van der Waals surface area (Å²) in [6.45, 7) is 0. The fourth-order valence-corrected chi connectivity index (χ4v) is 6.66. The van der Waals surface area contributed by atoms with Crippen LogP contribution in [0.15, 0.2) is 152 Å². The van der Waals surface area contributed by atoms with Gasteiger partial charge in [0.1, 0.15) is 5.82 Å². The van der Waals surface area contributed by atoms with Crippen LogP contribution in [0, 0.1) is 0 Å². The lowest BCUT2D eigenvalue weighted by atomic mass is 10.0. The second kappa shape index (κ2) is 8.92. The molecule has 0 saturated heterocycles. The average molecular weight is 536 g/mol. The number of pyridine rings is 1. The van der Waals surface area contributed by atoms with E-state index in [0.29, 0.717) is 0 Å². The second-order valence-electron chi connectivity index (χ2n) is 10.8. The molecule has 0 radical (unpaired) electrons. The van der Waals surface area contributed by atoms with E-state index in [-0.39, 0.29) is 0 Å². The Morgan fingerprint density at radius 3 is 1.86 bits per heavy atom. The number of hydrogen-bond donors (Lipinski definition) is 0. The summed E-state index contributed by atoms with van der Waals surface area (Å²) in [6, 6.07) is 54.1. The minimum atomic E-state index is 0.918. The Hall–Kier alpha value is -5.67. The maximum Gasteiger partial charge on any atom is 0.138 e. The Kier molecular flexibility index (Phi) is 4.90. The molecule has 196 valence electrons. The predicted molar refractivity (Wildman–Crippen MR) is 176 cm³/mol. The minimum absolute atomic E-state index is 0.918. The summed E-state index contributed by atoms with van der Waals surface area (Å²) in [5, 5.41) is 7.39. The van der Waals surface area contributed by atoms with Gasteiger partial charge in [0.2, 0.25) is 0 Å². The first-order valence-electron chi connectivity index (χ1n) is 14.3. The average Bonchev–Trinajstić information content (AvgIpc) is 3.57. The monoisotopic (exact) mass is 535 g/mol. The van der Waals surface area contributed by atoms with Crippen molar-refractivity contribution in [2.24, 2.45) is 0 Å². The Balaban J connectivity index is 1.41. The molecule has 0 unspecified atom stereocenters. The molecule has 0 atom stereocenters. The smallest absolute Gasteiger partial charge is 0.138 e. The lowest BCUT2D eigenvalue weighted by molar-refractivity contribution is 1.09. The van der Waals surface area contributed by atoms with Gasteiger partial charge in [-0.1, -0.05) is 103 Å². The number of benzene rings is 6. The number of aromatic nitrogens is 3. The molecule has 6 aromatic carbocycles. The van der Waals surface area contributed by atoms with Gasteiger partial charge in [0.05, 0.1) is 27.8 Å². The molecule has 0 spiro atoms. The van der Waals surface area contributed by atoms with Crippen LogP contribution in [0.2, 0.25) is 0 Å². The Morgan fingerprint density at radius 1 is 0.405 bits per heavy atom. The Labute approximate surface area is 242 Å². The van der Waals surface area contributed by atoms with Gasteiger partial charge in [-0.3, -0.25) is 4.57 Å². The van der Waals surface area contributed by atoms with Crippen molar-refractivity contribution in [2.45, 2.75) is 0 Å². The van der Waals surface area contributed by atoms with E-state index in [1.807, 2.05) is 6.07 Å². The lowest BCUT2D eigenvalue weighted by Crippen LogP contribution is -1.99. The summed E-state index contributed by atoms with van der Waals surface area (Å²) in [5.41, 5.74) is 8.01. The normalized spacial score (nSPS) is 11.8. The summed E-state index contributed by atoms with van der Waals surface area (Å²) in [6.07, 6.45) is 0. The molecular formula is C39H25N3. The summed E-state index contributed by atoms with van der Waals surface area (Å²) in [4.78, 5) is 5.21. The zero-order chi connectivity index (χ0) is 27.6. The van der Waals surface area contributed by atoms with E-state index < -0.39 is 0 Å². The van der Waals surface area contributed by atoms with Crippen molar-refractivity contribution in [1.82, 2.24) is 14.1 Å². The van der Waals surface area contributed by atoms with Crippen molar-refractivity contribution < 1.29 is 0 Å². The summed E-state index contributed by atoms with van der Waals surface area (Å²) in [7, 11) is 0. The van der Waals surface area contributed by atoms with Gasteiger partial charge in [-0.15, -0.1) is 0 Å². The van der Waals surface area contributed by atoms with Crippen LogP contribution < -0.4 is 0 Å². The van der Waals surface area contributed by atoms with E-state index in [4.69, 9.17) is 4.98 Å². The molecule has 0 saturated carbocycles.